The molecule has 0 aliphatic carbocycles. The number of aliphatic hydroxyl groups is 1. The first kappa shape index (κ1) is 22.6. The molecule has 1 unspecified atom stereocenters. The molecule has 1 atom stereocenters. The van der Waals surface area contributed by atoms with Gasteiger partial charge in [-0.05, 0) is 37.5 Å². The van der Waals surface area contributed by atoms with Gasteiger partial charge in [-0.25, -0.2) is 4.68 Å². The quantitative estimate of drug-likeness (QED) is 0.431. The van der Waals surface area contributed by atoms with Gasteiger partial charge in [-0.15, -0.1) is 0 Å². The van der Waals surface area contributed by atoms with E-state index in [2.05, 4.69) is 10.2 Å². The zero-order valence-electron chi connectivity index (χ0n) is 17.5. The summed E-state index contributed by atoms with van der Waals surface area (Å²) in [7, 11) is 0. The Kier molecular flexibility index (Phi) is 7.30. The van der Waals surface area contributed by atoms with E-state index in [1.165, 1.54) is 6.07 Å². The molecule has 1 aromatic carbocycles. The minimum Gasteiger partial charge on any atom is -0.431 e. The molecule has 0 bridgehead atoms. The molecule has 3 heterocycles. The number of nitrogens with zero attached hydrogens (tertiary/aromatic N) is 3. The Labute approximate surface area is 183 Å². The lowest BCUT2D eigenvalue weighted by molar-refractivity contribution is -0.213. The first-order valence-electron chi connectivity index (χ1n) is 10.5. The van der Waals surface area contributed by atoms with E-state index in [1.807, 2.05) is 0 Å². The number of aromatic amines is 1. The monoisotopic (exact) mass is 452 g/mol. The van der Waals surface area contributed by atoms with Crippen molar-refractivity contribution in [2.24, 2.45) is 0 Å². The molecule has 3 aromatic rings. The highest BCUT2D eigenvalue weighted by Gasteiger charge is 2.32. The van der Waals surface area contributed by atoms with Crippen molar-refractivity contribution in [3.8, 4) is 17.0 Å². The van der Waals surface area contributed by atoms with E-state index in [0.29, 0.717) is 17.7 Å². The van der Waals surface area contributed by atoms with Crippen molar-refractivity contribution >= 4 is 10.9 Å². The van der Waals surface area contributed by atoms with E-state index >= 15 is 0 Å². The van der Waals surface area contributed by atoms with Gasteiger partial charge in [0.25, 0.3) is 0 Å². The van der Waals surface area contributed by atoms with Gasteiger partial charge in [0.15, 0.2) is 12.8 Å². The third-order valence-electron chi connectivity index (χ3n) is 5.02. The van der Waals surface area contributed by atoms with Gasteiger partial charge >= 0.3 is 6.11 Å². The van der Waals surface area contributed by atoms with Crippen LogP contribution in [0, 0.1) is 0 Å². The topological polar surface area (TPSA) is 104 Å². The molecule has 0 amide bonds. The number of nitrogens with one attached hydrogen (secondary N) is 1. The van der Waals surface area contributed by atoms with Crippen LogP contribution in [0.4, 0.5) is 8.78 Å². The van der Waals surface area contributed by atoms with Gasteiger partial charge < -0.3 is 24.1 Å². The molecule has 1 fully saturated rings. The lowest BCUT2D eigenvalue weighted by Crippen LogP contribution is -2.31. The number of benzene rings is 1. The smallest absolute Gasteiger partial charge is 0.421 e. The van der Waals surface area contributed by atoms with Crippen LogP contribution in [0.25, 0.3) is 22.2 Å². The first-order valence-corrected chi connectivity index (χ1v) is 10.5. The fourth-order valence-electron chi connectivity index (χ4n) is 3.59. The first-order chi connectivity index (χ1) is 15.6. The van der Waals surface area contributed by atoms with Crippen LogP contribution in [-0.4, -0.2) is 70.8 Å². The van der Waals surface area contributed by atoms with Crippen molar-refractivity contribution in [3.63, 3.8) is 0 Å². The van der Waals surface area contributed by atoms with Gasteiger partial charge in [-0.1, -0.05) is 0 Å². The highest BCUT2D eigenvalue weighted by molar-refractivity contribution is 5.94. The summed E-state index contributed by atoms with van der Waals surface area (Å²) in [6.45, 7) is -0.181. The lowest BCUT2D eigenvalue weighted by Gasteiger charge is -2.23. The molecule has 1 aliphatic rings. The second-order valence-corrected chi connectivity index (χ2v) is 7.41. The summed E-state index contributed by atoms with van der Waals surface area (Å²) in [4.78, 5) is 0. The standard InChI is InChI=1S/C21H26F2N4O5/c22-21(23,14-30-10-9-29-8-6-28)32-16-4-5-18-17(11-16)20(15-12-24-25-13-15)26-27(18)19-3-1-2-7-31-19/h4-5,11-13,19,28H,1-3,6-10,14H2,(H,24,25). The highest BCUT2D eigenvalue weighted by Crippen LogP contribution is 2.35. The molecule has 1 aliphatic heterocycles. The Hall–Kier alpha value is -2.60. The maximum Gasteiger partial charge on any atom is 0.421 e. The van der Waals surface area contributed by atoms with Crippen LogP contribution in [-0.2, 0) is 14.2 Å². The van der Waals surface area contributed by atoms with Crippen LogP contribution in [0.15, 0.2) is 30.6 Å². The Morgan fingerprint density at radius 3 is 2.84 bits per heavy atom. The average Bonchev–Trinajstić information content (AvgIpc) is 3.44. The SMILES string of the molecule is OCCOCCOCC(F)(F)Oc1ccc2c(c1)c(-c1cn[nH]c1)nn2C1CCCCO1. The van der Waals surface area contributed by atoms with Gasteiger partial charge in [0.2, 0.25) is 0 Å². The maximum atomic E-state index is 14.3. The summed E-state index contributed by atoms with van der Waals surface area (Å²) < 4.78 is 51.1. The number of alkyl halides is 2. The maximum absolute atomic E-state index is 14.3. The zero-order valence-corrected chi connectivity index (χ0v) is 17.5. The third-order valence-corrected chi connectivity index (χ3v) is 5.02. The van der Waals surface area contributed by atoms with Gasteiger partial charge in [0.05, 0.1) is 38.1 Å². The molecule has 0 radical (unpaired) electrons. The fourth-order valence-corrected chi connectivity index (χ4v) is 3.59. The number of hydrogen-bond donors (Lipinski definition) is 2. The molecule has 0 spiro atoms. The molecule has 0 saturated carbocycles. The molecule has 2 aromatic heterocycles. The number of fused-ring (bicyclic) bond motifs is 1. The van der Waals surface area contributed by atoms with Crippen molar-refractivity contribution in [1.82, 2.24) is 20.0 Å². The number of hydrogen-bond acceptors (Lipinski definition) is 7. The molecule has 174 valence electrons. The van der Waals surface area contributed by atoms with Crippen LogP contribution >= 0.6 is 0 Å². The van der Waals surface area contributed by atoms with Crippen LogP contribution < -0.4 is 4.74 Å². The summed E-state index contributed by atoms with van der Waals surface area (Å²) in [5.74, 6) is -0.00325. The van der Waals surface area contributed by atoms with Crippen molar-refractivity contribution in [1.29, 1.82) is 0 Å². The average molecular weight is 452 g/mol. The zero-order chi connectivity index (χ0) is 22.4. The van der Waals surface area contributed by atoms with Crippen molar-refractivity contribution < 1.29 is 32.8 Å². The second-order valence-electron chi connectivity index (χ2n) is 7.41. The summed E-state index contributed by atoms with van der Waals surface area (Å²) >= 11 is 0. The number of H-pyrrole nitrogens is 1. The Morgan fingerprint density at radius 2 is 2.09 bits per heavy atom. The van der Waals surface area contributed by atoms with Crippen LogP contribution in [0.2, 0.25) is 0 Å². The van der Waals surface area contributed by atoms with E-state index in [1.54, 1.807) is 29.2 Å². The number of aromatic nitrogens is 4. The number of rotatable bonds is 11. The molecule has 4 rings (SSSR count). The largest absolute Gasteiger partial charge is 0.431 e. The third kappa shape index (κ3) is 5.41. The van der Waals surface area contributed by atoms with Gasteiger partial charge in [0, 0.05) is 23.8 Å². The van der Waals surface area contributed by atoms with Crippen molar-refractivity contribution in [2.45, 2.75) is 31.6 Å². The predicted molar refractivity (Wildman–Crippen MR) is 110 cm³/mol. The van der Waals surface area contributed by atoms with Crippen LogP contribution in [0.3, 0.4) is 0 Å². The molecule has 9 nitrogen and oxygen atoms in total. The predicted octanol–water partition coefficient (Wildman–Crippen LogP) is 3.12. The molecule has 11 heteroatoms. The van der Waals surface area contributed by atoms with Gasteiger partial charge in [0.1, 0.15) is 11.4 Å². The molecular formula is C21H26F2N4O5. The fraction of sp³-hybridized carbons (Fsp3) is 0.524. The molecule has 1 saturated heterocycles. The Balaban J connectivity index is 1.53. The summed E-state index contributed by atoms with van der Waals surface area (Å²) in [6, 6.07) is 4.74. The molecule has 2 N–H and O–H groups in total. The molecule has 32 heavy (non-hydrogen) atoms. The van der Waals surface area contributed by atoms with Gasteiger partial charge in [-0.3, -0.25) is 5.10 Å². The second kappa shape index (κ2) is 10.3. The minimum absolute atomic E-state index is 0.00325. The lowest BCUT2D eigenvalue weighted by atomic mass is 10.1. The number of halogens is 2. The summed E-state index contributed by atoms with van der Waals surface area (Å²) in [5.41, 5.74) is 2.11. The van der Waals surface area contributed by atoms with E-state index < -0.39 is 12.7 Å². The normalized spacial score (nSPS) is 17.2. The van der Waals surface area contributed by atoms with Crippen LogP contribution in [0.5, 0.6) is 5.75 Å². The summed E-state index contributed by atoms with van der Waals surface area (Å²) in [5, 5.41) is 20.7. The van der Waals surface area contributed by atoms with E-state index in [0.717, 1.165) is 30.3 Å². The van der Waals surface area contributed by atoms with Gasteiger partial charge in [-0.2, -0.15) is 19.0 Å². The van der Waals surface area contributed by atoms with E-state index in [9.17, 15) is 8.78 Å². The Morgan fingerprint density at radius 1 is 1.22 bits per heavy atom. The summed E-state index contributed by atoms with van der Waals surface area (Å²) in [6.07, 6.45) is 2.46. The Bertz CT molecular complexity index is 990. The number of ether oxygens (including phenoxy) is 4. The van der Waals surface area contributed by atoms with Crippen molar-refractivity contribution in [2.75, 3.05) is 39.6 Å². The molecular weight excluding hydrogens is 426 g/mol. The minimum atomic E-state index is -3.52. The van der Waals surface area contributed by atoms with E-state index in [-0.39, 0.29) is 38.4 Å². The number of aliphatic hydroxyl groups excluding tert-OH is 1. The highest BCUT2D eigenvalue weighted by atomic mass is 19.3. The van der Waals surface area contributed by atoms with E-state index in [4.69, 9.17) is 29.2 Å². The van der Waals surface area contributed by atoms with Crippen molar-refractivity contribution in [3.05, 3.63) is 30.6 Å². The van der Waals surface area contributed by atoms with Crippen LogP contribution in [0.1, 0.15) is 25.5 Å².